The van der Waals surface area contributed by atoms with Crippen LogP contribution in [0.1, 0.15) is 11.1 Å². The van der Waals surface area contributed by atoms with E-state index in [1.807, 2.05) is 29.3 Å². The Bertz CT molecular complexity index is 424. The van der Waals surface area contributed by atoms with Crippen LogP contribution in [-0.4, -0.2) is 26.5 Å². The number of hydrogen-bond acceptors (Lipinski definition) is 4. The largest absolute Gasteiger partial charge is 0.311 e. The summed E-state index contributed by atoms with van der Waals surface area (Å²) in [6.45, 7) is 4.64. The van der Waals surface area contributed by atoms with Gasteiger partial charge in [-0.25, -0.2) is 0 Å². The summed E-state index contributed by atoms with van der Waals surface area (Å²) in [6, 6.07) is 2.02. The number of aromatic nitrogens is 4. The first kappa shape index (κ1) is 10.8. The average Bonchev–Trinajstić information content (AvgIpc) is 2.79. The smallest absolute Gasteiger partial charge is 0.0692 e. The normalized spacial score (nSPS) is 10.6. The van der Waals surface area contributed by atoms with E-state index in [4.69, 9.17) is 0 Å². The minimum atomic E-state index is 0.833. The van der Waals surface area contributed by atoms with Gasteiger partial charge in [0.15, 0.2) is 0 Å². The Morgan fingerprint density at radius 2 is 2.31 bits per heavy atom. The summed E-state index contributed by atoms with van der Waals surface area (Å²) in [7, 11) is 0. The van der Waals surface area contributed by atoms with Crippen LogP contribution in [0.15, 0.2) is 30.9 Å². The fourth-order valence-corrected chi connectivity index (χ4v) is 1.45. The number of hydrogen-bond donors (Lipinski definition) is 1. The second-order valence-corrected chi connectivity index (χ2v) is 3.65. The van der Waals surface area contributed by atoms with E-state index in [-0.39, 0.29) is 0 Å². The first-order chi connectivity index (χ1) is 7.86. The molecule has 84 valence electrons. The Morgan fingerprint density at radius 1 is 1.38 bits per heavy atom. The van der Waals surface area contributed by atoms with Crippen LogP contribution in [-0.2, 0) is 13.1 Å². The second kappa shape index (κ2) is 5.37. The molecular weight excluding hydrogens is 202 g/mol. The van der Waals surface area contributed by atoms with E-state index in [1.54, 1.807) is 6.20 Å². The molecule has 2 rings (SSSR count). The predicted octanol–water partition coefficient (Wildman–Crippen LogP) is 0.771. The lowest BCUT2D eigenvalue weighted by atomic mass is 10.1. The van der Waals surface area contributed by atoms with Crippen molar-refractivity contribution < 1.29 is 0 Å². The Labute approximate surface area is 94.5 Å². The Balaban J connectivity index is 1.74. The summed E-state index contributed by atoms with van der Waals surface area (Å²) >= 11 is 0. The maximum Gasteiger partial charge on any atom is 0.0692 e. The Morgan fingerprint density at radius 3 is 3.06 bits per heavy atom. The number of nitrogens with one attached hydrogen (secondary N) is 1. The van der Waals surface area contributed by atoms with Gasteiger partial charge in [0.1, 0.15) is 0 Å². The molecule has 5 nitrogen and oxygen atoms in total. The molecule has 0 aromatic carbocycles. The highest BCUT2D eigenvalue weighted by Gasteiger charge is 1.97. The van der Waals surface area contributed by atoms with E-state index in [0.717, 1.165) is 19.6 Å². The van der Waals surface area contributed by atoms with Gasteiger partial charge in [0.2, 0.25) is 0 Å². The van der Waals surface area contributed by atoms with Crippen molar-refractivity contribution in [1.82, 2.24) is 25.3 Å². The molecule has 0 saturated carbocycles. The van der Waals surface area contributed by atoms with Crippen molar-refractivity contribution in [2.45, 2.75) is 20.0 Å². The SMILES string of the molecule is Cc1ccncc1CNCCn1ccnn1. The Kier molecular flexibility index (Phi) is 3.61. The van der Waals surface area contributed by atoms with Crippen LogP contribution >= 0.6 is 0 Å². The zero-order valence-corrected chi connectivity index (χ0v) is 9.30. The molecule has 0 saturated heterocycles. The molecule has 1 N–H and O–H groups in total. The van der Waals surface area contributed by atoms with Gasteiger partial charge in [0.25, 0.3) is 0 Å². The van der Waals surface area contributed by atoms with E-state index in [9.17, 15) is 0 Å². The summed E-state index contributed by atoms with van der Waals surface area (Å²) in [6.07, 6.45) is 7.26. The monoisotopic (exact) mass is 217 g/mol. The summed E-state index contributed by atoms with van der Waals surface area (Å²) in [5, 5.41) is 11.0. The quantitative estimate of drug-likeness (QED) is 0.752. The molecule has 0 aliphatic rings. The van der Waals surface area contributed by atoms with Crippen molar-refractivity contribution in [3.63, 3.8) is 0 Å². The Hall–Kier alpha value is -1.75. The maximum atomic E-state index is 4.11. The van der Waals surface area contributed by atoms with Crippen molar-refractivity contribution in [3.05, 3.63) is 42.0 Å². The van der Waals surface area contributed by atoms with Crippen molar-refractivity contribution in [3.8, 4) is 0 Å². The number of pyridine rings is 1. The average molecular weight is 217 g/mol. The summed E-state index contributed by atoms with van der Waals surface area (Å²) in [4.78, 5) is 4.11. The zero-order chi connectivity index (χ0) is 11.2. The van der Waals surface area contributed by atoms with Gasteiger partial charge in [0, 0.05) is 31.7 Å². The molecule has 0 amide bonds. The fraction of sp³-hybridized carbons (Fsp3) is 0.364. The molecule has 5 heteroatoms. The van der Waals surface area contributed by atoms with Gasteiger partial charge < -0.3 is 5.32 Å². The van der Waals surface area contributed by atoms with E-state index < -0.39 is 0 Å². The van der Waals surface area contributed by atoms with E-state index in [1.165, 1.54) is 11.1 Å². The van der Waals surface area contributed by atoms with Crippen molar-refractivity contribution in [1.29, 1.82) is 0 Å². The molecule has 0 fully saturated rings. The molecule has 0 unspecified atom stereocenters. The second-order valence-electron chi connectivity index (χ2n) is 3.65. The molecule has 0 bridgehead atoms. The highest BCUT2D eigenvalue weighted by molar-refractivity contribution is 5.20. The highest BCUT2D eigenvalue weighted by atomic mass is 15.4. The molecule has 2 aromatic rings. The first-order valence-corrected chi connectivity index (χ1v) is 5.30. The third-order valence-corrected chi connectivity index (χ3v) is 2.45. The maximum absolute atomic E-state index is 4.11. The lowest BCUT2D eigenvalue weighted by Gasteiger charge is -2.06. The van der Waals surface area contributed by atoms with Crippen molar-refractivity contribution in [2.24, 2.45) is 0 Å². The molecule has 0 aliphatic carbocycles. The van der Waals surface area contributed by atoms with Gasteiger partial charge >= 0.3 is 0 Å². The van der Waals surface area contributed by atoms with Gasteiger partial charge in [-0.1, -0.05) is 5.21 Å². The minimum Gasteiger partial charge on any atom is -0.311 e. The summed E-state index contributed by atoms with van der Waals surface area (Å²) < 4.78 is 1.81. The number of rotatable bonds is 5. The van der Waals surface area contributed by atoms with Gasteiger partial charge in [-0.05, 0) is 24.1 Å². The molecule has 2 aromatic heterocycles. The van der Waals surface area contributed by atoms with Gasteiger partial charge in [0.05, 0.1) is 12.7 Å². The van der Waals surface area contributed by atoms with Gasteiger partial charge in [-0.2, -0.15) is 0 Å². The predicted molar refractivity (Wildman–Crippen MR) is 60.7 cm³/mol. The lowest BCUT2D eigenvalue weighted by molar-refractivity contribution is 0.539. The van der Waals surface area contributed by atoms with Crippen LogP contribution in [0.4, 0.5) is 0 Å². The van der Waals surface area contributed by atoms with Crippen LogP contribution < -0.4 is 5.32 Å². The summed E-state index contributed by atoms with van der Waals surface area (Å²) in [5.74, 6) is 0. The van der Waals surface area contributed by atoms with E-state index in [0.29, 0.717) is 0 Å². The van der Waals surface area contributed by atoms with Gasteiger partial charge in [-0.15, -0.1) is 5.10 Å². The van der Waals surface area contributed by atoms with Crippen LogP contribution in [0, 0.1) is 6.92 Å². The molecule has 16 heavy (non-hydrogen) atoms. The molecule has 0 spiro atoms. The fourth-order valence-electron chi connectivity index (χ4n) is 1.45. The van der Waals surface area contributed by atoms with Gasteiger partial charge in [-0.3, -0.25) is 9.67 Å². The number of nitrogens with zero attached hydrogens (tertiary/aromatic N) is 4. The highest BCUT2D eigenvalue weighted by Crippen LogP contribution is 2.03. The van der Waals surface area contributed by atoms with Crippen molar-refractivity contribution in [2.75, 3.05) is 6.54 Å². The van der Waals surface area contributed by atoms with Crippen LogP contribution in [0.2, 0.25) is 0 Å². The topological polar surface area (TPSA) is 55.6 Å². The first-order valence-electron chi connectivity index (χ1n) is 5.30. The molecule has 2 heterocycles. The molecule has 0 radical (unpaired) electrons. The molecule has 0 aliphatic heterocycles. The van der Waals surface area contributed by atoms with Crippen LogP contribution in [0.3, 0.4) is 0 Å². The van der Waals surface area contributed by atoms with Crippen LogP contribution in [0.5, 0.6) is 0 Å². The lowest BCUT2D eigenvalue weighted by Crippen LogP contribution is -2.20. The van der Waals surface area contributed by atoms with Crippen molar-refractivity contribution >= 4 is 0 Å². The third kappa shape index (κ3) is 2.87. The number of aryl methyl sites for hydroxylation is 1. The third-order valence-electron chi connectivity index (χ3n) is 2.45. The molecular formula is C11H15N5. The van der Waals surface area contributed by atoms with E-state index in [2.05, 4.69) is 27.5 Å². The minimum absolute atomic E-state index is 0.833. The molecule has 0 atom stereocenters. The standard InChI is InChI=1S/C11H15N5/c1-10-2-3-12-8-11(10)9-13-4-6-16-7-5-14-15-16/h2-3,5,7-8,13H,4,6,9H2,1H3. The zero-order valence-electron chi connectivity index (χ0n) is 9.30. The summed E-state index contributed by atoms with van der Waals surface area (Å²) in [5.41, 5.74) is 2.50. The van der Waals surface area contributed by atoms with E-state index >= 15 is 0 Å². The van der Waals surface area contributed by atoms with Crippen LogP contribution in [0.25, 0.3) is 0 Å².